The van der Waals surface area contributed by atoms with Gasteiger partial charge in [-0.25, -0.2) is 0 Å². The van der Waals surface area contributed by atoms with E-state index >= 15 is 0 Å². The molecule has 0 radical (unpaired) electrons. The van der Waals surface area contributed by atoms with Crippen LogP contribution >= 0.6 is 11.3 Å². The molecule has 1 aromatic heterocycles. The van der Waals surface area contributed by atoms with Crippen LogP contribution in [-0.2, 0) is 0 Å². The predicted molar refractivity (Wildman–Crippen MR) is 77.8 cm³/mol. The van der Waals surface area contributed by atoms with E-state index in [-0.39, 0.29) is 0 Å². The monoisotopic (exact) mass is 274 g/mol. The number of nitrogens with one attached hydrogen (secondary N) is 1. The Bertz CT molecular complexity index is 527. The Balaban J connectivity index is 2.08. The predicted octanol–water partition coefficient (Wildman–Crippen LogP) is 3.45. The molecule has 1 aliphatic rings. The van der Waals surface area contributed by atoms with E-state index in [0.29, 0.717) is 22.2 Å². The first-order valence-electron chi connectivity index (χ1n) is 6.68. The van der Waals surface area contributed by atoms with Crippen LogP contribution in [0.4, 0.5) is 10.7 Å². The third-order valence-electron chi connectivity index (χ3n) is 3.92. The third-order valence-corrected chi connectivity index (χ3v) is 4.96. The van der Waals surface area contributed by atoms with E-state index in [1.807, 2.05) is 6.07 Å². The van der Waals surface area contributed by atoms with E-state index in [9.17, 15) is 0 Å². The molecule has 0 amide bonds. The van der Waals surface area contributed by atoms with E-state index < -0.39 is 0 Å². The van der Waals surface area contributed by atoms with Gasteiger partial charge >= 0.3 is 0 Å². The molecule has 0 bridgehead atoms. The largest absolute Gasteiger partial charge is 0.396 e. The summed E-state index contributed by atoms with van der Waals surface area (Å²) in [6.45, 7) is 2.24. The second-order valence-electron chi connectivity index (χ2n) is 5.04. The number of hydrogen-bond donors (Lipinski definition) is 2. The molecule has 1 aromatic rings. The van der Waals surface area contributed by atoms with E-state index in [1.165, 1.54) is 30.6 Å². The van der Waals surface area contributed by atoms with Gasteiger partial charge in [-0.1, -0.05) is 13.3 Å². The first-order valence-corrected chi connectivity index (χ1v) is 7.50. The first kappa shape index (κ1) is 13.7. The molecule has 1 heterocycles. The zero-order chi connectivity index (χ0) is 13.8. The summed E-state index contributed by atoms with van der Waals surface area (Å²) < 4.78 is 0. The Morgan fingerprint density at radius 3 is 2.47 bits per heavy atom. The molecule has 19 heavy (non-hydrogen) atoms. The van der Waals surface area contributed by atoms with Crippen molar-refractivity contribution in [3.05, 3.63) is 10.4 Å². The summed E-state index contributed by atoms with van der Waals surface area (Å²) >= 11 is 1.29. The minimum Gasteiger partial charge on any atom is -0.396 e. The summed E-state index contributed by atoms with van der Waals surface area (Å²) in [5.74, 6) is 0.844. The molecule has 5 heteroatoms. The van der Waals surface area contributed by atoms with Crippen LogP contribution in [0.3, 0.4) is 0 Å². The zero-order valence-electron chi connectivity index (χ0n) is 11.1. The van der Waals surface area contributed by atoms with Crippen molar-refractivity contribution < 1.29 is 0 Å². The van der Waals surface area contributed by atoms with Crippen LogP contribution in [0.1, 0.15) is 49.5 Å². The maximum Gasteiger partial charge on any atom is 0.131 e. The summed E-state index contributed by atoms with van der Waals surface area (Å²) in [5.41, 5.74) is 6.55. The molecule has 0 aromatic carbocycles. The molecule has 1 saturated carbocycles. The number of nitrogen functional groups attached to an aromatic ring is 1. The highest BCUT2D eigenvalue weighted by Gasteiger charge is 2.23. The lowest BCUT2D eigenvalue weighted by Crippen LogP contribution is -2.25. The number of hydrogen-bond acceptors (Lipinski definition) is 5. The molecule has 0 atom stereocenters. The topological polar surface area (TPSA) is 85.6 Å². The van der Waals surface area contributed by atoms with Gasteiger partial charge in [0.1, 0.15) is 27.6 Å². The molecule has 0 unspecified atom stereocenters. The standard InChI is InChI=1S/C14H18N4S/c1-2-9-3-5-10(6-4-9)18-14-11(7-15)13(17)12(8-16)19-14/h9-10,18H,2-6,17H2,1H3. The van der Waals surface area contributed by atoms with Crippen LogP contribution in [0.5, 0.6) is 0 Å². The summed E-state index contributed by atoms with van der Waals surface area (Å²) in [6.07, 6.45) is 5.98. The number of nitrogens with zero attached hydrogens (tertiary/aromatic N) is 2. The van der Waals surface area contributed by atoms with Crippen LogP contribution < -0.4 is 11.1 Å². The molecule has 1 aliphatic carbocycles. The van der Waals surface area contributed by atoms with Gasteiger partial charge in [0.05, 0.1) is 5.69 Å². The van der Waals surface area contributed by atoms with E-state index in [0.717, 1.165) is 23.8 Å². The summed E-state index contributed by atoms with van der Waals surface area (Å²) in [4.78, 5) is 0.432. The number of nitrogens with two attached hydrogens (primary N) is 1. The fourth-order valence-electron chi connectivity index (χ4n) is 2.64. The average molecular weight is 274 g/mol. The van der Waals surface area contributed by atoms with Gasteiger partial charge in [0.25, 0.3) is 0 Å². The van der Waals surface area contributed by atoms with Crippen LogP contribution in [0.2, 0.25) is 0 Å². The van der Waals surface area contributed by atoms with Crippen molar-refractivity contribution in [3.63, 3.8) is 0 Å². The van der Waals surface area contributed by atoms with Crippen molar-refractivity contribution in [1.29, 1.82) is 10.5 Å². The fraction of sp³-hybridized carbons (Fsp3) is 0.571. The number of rotatable bonds is 3. The molecule has 1 fully saturated rings. The Morgan fingerprint density at radius 1 is 1.26 bits per heavy atom. The highest BCUT2D eigenvalue weighted by molar-refractivity contribution is 7.17. The Labute approximate surface area is 117 Å². The lowest BCUT2D eigenvalue weighted by molar-refractivity contribution is 0.330. The summed E-state index contributed by atoms with van der Waals surface area (Å²) in [7, 11) is 0. The molecule has 0 aliphatic heterocycles. The highest BCUT2D eigenvalue weighted by Crippen LogP contribution is 2.37. The number of thiophene rings is 1. The fourth-order valence-corrected chi connectivity index (χ4v) is 3.59. The third kappa shape index (κ3) is 2.83. The van der Waals surface area contributed by atoms with Crippen LogP contribution in [-0.4, -0.2) is 6.04 Å². The van der Waals surface area contributed by atoms with Crippen molar-refractivity contribution in [2.24, 2.45) is 5.92 Å². The Hall–Kier alpha value is -1.72. The molecule has 0 spiro atoms. The quantitative estimate of drug-likeness (QED) is 0.883. The number of nitriles is 2. The minimum atomic E-state index is 0.319. The first-order chi connectivity index (χ1) is 9.19. The van der Waals surface area contributed by atoms with Crippen molar-refractivity contribution >= 4 is 22.0 Å². The van der Waals surface area contributed by atoms with Crippen molar-refractivity contribution in [2.45, 2.75) is 45.1 Å². The molecule has 3 N–H and O–H groups in total. The Morgan fingerprint density at radius 2 is 1.95 bits per heavy atom. The van der Waals surface area contributed by atoms with Gasteiger partial charge in [-0.2, -0.15) is 10.5 Å². The van der Waals surface area contributed by atoms with Crippen LogP contribution in [0.15, 0.2) is 0 Å². The van der Waals surface area contributed by atoms with E-state index in [4.69, 9.17) is 16.3 Å². The summed E-state index contributed by atoms with van der Waals surface area (Å²) in [5, 5.41) is 22.3. The van der Waals surface area contributed by atoms with Gasteiger partial charge in [0, 0.05) is 6.04 Å². The van der Waals surface area contributed by atoms with Gasteiger partial charge in [-0.05, 0) is 31.6 Å². The lowest BCUT2D eigenvalue weighted by Gasteiger charge is -2.28. The molecule has 4 nitrogen and oxygen atoms in total. The van der Waals surface area contributed by atoms with Gasteiger partial charge in [0.2, 0.25) is 0 Å². The van der Waals surface area contributed by atoms with Gasteiger partial charge < -0.3 is 11.1 Å². The molecular weight excluding hydrogens is 256 g/mol. The molecule has 0 saturated heterocycles. The average Bonchev–Trinajstić information content (AvgIpc) is 2.75. The van der Waals surface area contributed by atoms with Gasteiger partial charge in [-0.3, -0.25) is 0 Å². The van der Waals surface area contributed by atoms with Crippen molar-refractivity contribution in [2.75, 3.05) is 11.1 Å². The van der Waals surface area contributed by atoms with Crippen molar-refractivity contribution in [1.82, 2.24) is 0 Å². The SMILES string of the molecule is CCC1CCC(Nc2sc(C#N)c(N)c2C#N)CC1. The maximum absolute atomic E-state index is 9.14. The second kappa shape index (κ2) is 5.95. The summed E-state index contributed by atoms with van der Waals surface area (Å²) in [6, 6.07) is 4.55. The molecule has 100 valence electrons. The number of anilines is 2. The maximum atomic E-state index is 9.14. The van der Waals surface area contributed by atoms with Crippen LogP contribution in [0, 0.1) is 28.6 Å². The highest BCUT2D eigenvalue weighted by atomic mass is 32.1. The zero-order valence-corrected chi connectivity index (χ0v) is 11.9. The second-order valence-corrected chi connectivity index (χ2v) is 6.06. The van der Waals surface area contributed by atoms with Gasteiger partial charge in [0.15, 0.2) is 0 Å². The van der Waals surface area contributed by atoms with Gasteiger partial charge in [-0.15, -0.1) is 11.3 Å². The van der Waals surface area contributed by atoms with E-state index in [1.54, 1.807) is 0 Å². The van der Waals surface area contributed by atoms with Crippen LogP contribution in [0.25, 0.3) is 0 Å². The minimum absolute atomic E-state index is 0.319. The Kier molecular flexibility index (Phi) is 4.29. The smallest absolute Gasteiger partial charge is 0.131 e. The molecular formula is C14H18N4S. The lowest BCUT2D eigenvalue weighted by atomic mass is 9.84. The van der Waals surface area contributed by atoms with Crippen molar-refractivity contribution in [3.8, 4) is 12.1 Å². The molecule has 2 rings (SSSR count). The van der Waals surface area contributed by atoms with E-state index in [2.05, 4.69) is 18.3 Å². The normalized spacial score (nSPS) is 22.5.